The van der Waals surface area contributed by atoms with Crippen LogP contribution in [0.4, 0.5) is 0 Å². The molecule has 9 heavy (non-hydrogen) atoms. The monoisotopic (exact) mass is 132 g/mol. The van der Waals surface area contributed by atoms with E-state index >= 15 is 0 Å². The first kappa shape index (κ1) is 8.10. The van der Waals surface area contributed by atoms with Crippen molar-refractivity contribution in [3.63, 3.8) is 0 Å². The Kier molecular flexibility index (Phi) is 4.72. The largest absolute Gasteiger partial charge is 0.342 e. The molecule has 0 amide bonds. The summed E-state index contributed by atoms with van der Waals surface area (Å²) in [4.78, 5) is 23.1. The number of hydrogen-bond acceptors (Lipinski definition) is 4. The van der Waals surface area contributed by atoms with Gasteiger partial charge < -0.3 is 9.68 Å². The van der Waals surface area contributed by atoms with Gasteiger partial charge in [-0.25, -0.2) is 4.79 Å². The van der Waals surface area contributed by atoms with Crippen LogP contribution in [0.15, 0.2) is 0 Å². The maximum Gasteiger partial charge on any atom is 0.342 e. The fourth-order valence-corrected chi connectivity index (χ4v) is 0.375. The van der Waals surface area contributed by atoms with E-state index in [0.717, 1.165) is 0 Å². The standard InChI is InChI=1S/C5H8O4/c6-4-2-1-3-5(7)9-8/h4,8H,1-3H2. The smallest absolute Gasteiger partial charge is 0.303 e. The van der Waals surface area contributed by atoms with Crippen LogP contribution in [-0.4, -0.2) is 17.5 Å². The van der Waals surface area contributed by atoms with E-state index < -0.39 is 5.97 Å². The van der Waals surface area contributed by atoms with Crippen molar-refractivity contribution in [2.45, 2.75) is 19.3 Å². The second kappa shape index (κ2) is 5.24. The first-order valence-electron chi connectivity index (χ1n) is 2.59. The van der Waals surface area contributed by atoms with E-state index in [-0.39, 0.29) is 6.42 Å². The number of hydrogen-bond donors (Lipinski definition) is 1. The van der Waals surface area contributed by atoms with Gasteiger partial charge in [-0.2, -0.15) is 5.26 Å². The molecule has 0 saturated heterocycles. The van der Waals surface area contributed by atoms with Gasteiger partial charge in [-0.05, 0) is 6.42 Å². The van der Waals surface area contributed by atoms with E-state index in [2.05, 4.69) is 4.89 Å². The lowest BCUT2D eigenvalue weighted by atomic mass is 10.2. The van der Waals surface area contributed by atoms with E-state index in [1.165, 1.54) is 0 Å². The van der Waals surface area contributed by atoms with Crippen LogP contribution in [0.3, 0.4) is 0 Å². The lowest BCUT2D eigenvalue weighted by Gasteiger charge is -1.90. The molecule has 0 radical (unpaired) electrons. The second-order valence-electron chi connectivity index (χ2n) is 1.52. The van der Waals surface area contributed by atoms with Crippen LogP contribution in [0.5, 0.6) is 0 Å². The molecular weight excluding hydrogens is 124 g/mol. The predicted molar refractivity (Wildman–Crippen MR) is 28.6 cm³/mol. The topological polar surface area (TPSA) is 63.6 Å². The molecule has 0 fully saturated rings. The summed E-state index contributed by atoms with van der Waals surface area (Å²) in [6, 6.07) is 0. The molecule has 0 aromatic rings. The highest BCUT2D eigenvalue weighted by Gasteiger charge is 1.98. The van der Waals surface area contributed by atoms with Crippen molar-refractivity contribution in [3.05, 3.63) is 0 Å². The molecule has 1 N–H and O–H groups in total. The Bertz CT molecular complexity index is 99.1. The van der Waals surface area contributed by atoms with Gasteiger partial charge in [0.25, 0.3) is 0 Å². The van der Waals surface area contributed by atoms with Crippen LogP contribution < -0.4 is 0 Å². The van der Waals surface area contributed by atoms with Gasteiger partial charge in [0.05, 0.1) is 0 Å². The summed E-state index contributed by atoms with van der Waals surface area (Å²) >= 11 is 0. The van der Waals surface area contributed by atoms with Crippen molar-refractivity contribution in [2.75, 3.05) is 0 Å². The van der Waals surface area contributed by atoms with E-state index in [0.29, 0.717) is 19.1 Å². The normalized spacial score (nSPS) is 8.56. The molecule has 0 atom stereocenters. The van der Waals surface area contributed by atoms with Gasteiger partial charge in [-0.3, -0.25) is 0 Å². The fourth-order valence-electron chi connectivity index (χ4n) is 0.375. The zero-order valence-electron chi connectivity index (χ0n) is 4.87. The van der Waals surface area contributed by atoms with Gasteiger partial charge in [0.2, 0.25) is 0 Å². The summed E-state index contributed by atoms with van der Waals surface area (Å²) < 4.78 is 0. The van der Waals surface area contributed by atoms with Gasteiger partial charge in [-0.15, -0.1) is 0 Å². The number of unbranched alkanes of at least 4 members (excludes halogenated alkanes) is 1. The Morgan fingerprint density at radius 2 is 2.33 bits per heavy atom. The van der Waals surface area contributed by atoms with Crippen LogP contribution in [0.25, 0.3) is 0 Å². The third-order valence-corrected chi connectivity index (χ3v) is 0.805. The van der Waals surface area contributed by atoms with Crippen molar-refractivity contribution in [1.29, 1.82) is 0 Å². The molecule has 0 bridgehead atoms. The molecule has 0 rings (SSSR count). The van der Waals surface area contributed by atoms with Crippen LogP contribution in [0.2, 0.25) is 0 Å². The summed E-state index contributed by atoms with van der Waals surface area (Å²) in [5.41, 5.74) is 0. The maximum absolute atomic E-state index is 10.1. The van der Waals surface area contributed by atoms with Crippen LogP contribution in [-0.2, 0) is 14.5 Å². The molecule has 0 unspecified atom stereocenters. The SMILES string of the molecule is O=CCCCC(=O)OO. The fraction of sp³-hybridized carbons (Fsp3) is 0.600. The predicted octanol–water partition coefficient (Wildman–Crippen LogP) is 0.372. The lowest BCUT2D eigenvalue weighted by molar-refractivity contribution is -0.234. The second-order valence-corrected chi connectivity index (χ2v) is 1.52. The van der Waals surface area contributed by atoms with Gasteiger partial charge in [-0.1, -0.05) is 0 Å². The zero-order chi connectivity index (χ0) is 7.11. The van der Waals surface area contributed by atoms with Crippen molar-refractivity contribution in [3.8, 4) is 0 Å². The van der Waals surface area contributed by atoms with Crippen molar-refractivity contribution in [2.24, 2.45) is 0 Å². The van der Waals surface area contributed by atoms with E-state index in [9.17, 15) is 9.59 Å². The van der Waals surface area contributed by atoms with Crippen molar-refractivity contribution >= 4 is 12.3 Å². The minimum absolute atomic E-state index is 0.0925. The molecule has 52 valence electrons. The third kappa shape index (κ3) is 4.96. The Hall–Kier alpha value is -0.900. The quantitative estimate of drug-likeness (QED) is 0.260. The summed E-state index contributed by atoms with van der Waals surface area (Å²) in [7, 11) is 0. The Morgan fingerprint density at radius 3 is 2.78 bits per heavy atom. The summed E-state index contributed by atoms with van der Waals surface area (Å²) in [5, 5.41) is 7.70. The summed E-state index contributed by atoms with van der Waals surface area (Å²) in [5.74, 6) is -0.697. The number of aldehydes is 1. The highest BCUT2D eigenvalue weighted by atomic mass is 17.1. The molecule has 0 aliphatic heterocycles. The van der Waals surface area contributed by atoms with Gasteiger partial charge >= 0.3 is 5.97 Å². The lowest BCUT2D eigenvalue weighted by Crippen LogP contribution is -1.99. The van der Waals surface area contributed by atoms with Gasteiger partial charge in [0, 0.05) is 12.8 Å². The maximum atomic E-state index is 10.1. The molecular formula is C5H8O4. The minimum atomic E-state index is -0.697. The molecule has 0 aliphatic carbocycles. The average molecular weight is 132 g/mol. The molecule has 0 aliphatic rings. The average Bonchev–Trinajstić information content (AvgIpc) is 1.89. The highest BCUT2D eigenvalue weighted by molar-refractivity contribution is 5.68. The Balaban J connectivity index is 3.06. The minimum Gasteiger partial charge on any atom is -0.303 e. The molecule has 0 aromatic heterocycles. The summed E-state index contributed by atoms with van der Waals surface area (Å²) in [6.07, 6.45) is 1.57. The van der Waals surface area contributed by atoms with Crippen LogP contribution in [0.1, 0.15) is 19.3 Å². The zero-order valence-corrected chi connectivity index (χ0v) is 4.87. The van der Waals surface area contributed by atoms with Gasteiger partial charge in [0.1, 0.15) is 6.29 Å². The highest BCUT2D eigenvalue weighted by Crippen LogP contribution is 1.93. The first-order valence-corrected chi connectivity index (χ1v) is 2.59. The van der Waals surface area contributed by atoms with E-state index in [1.54, 1.807) is 0 Å². The van der Waals surface area contributed by atoms with E-state index in [4.69, 9.17) is 5.26 Å². The molecule has 0 spiro atoms. The molecule has 0 saturated carbocycles. The van der Waals surface area contributed by atoms with Crippen molar-refractivity contribution < 1.29 is 19.7 Å². The first-order chi connectivity index (χ1) is 4.31. The van der Waals surface area contributed by atoms with Crippen LogP contribution >= 0.6 is 0 Å². The third-order valence-electron chi connectivity index (χ3n) is 0.805. The summed E-state index contributed by atoms with van der Waals surface area (Å²) in [6.45, 7) is 0. The van der Waals surface area contributed by atoms with Crippen molar-refractivity contribution in [1.82, 2.24) is 0 Å². The molecule has 4 nitrogen and oxygen atoms in total. The molecule has 0 heterocycles. The van der Waals surface area contributed by atoms with E-state index in [1.807, 2.05) is 0 Å². The Labute approximate surface area is 52.4 Å². The number of carbonyl (C=O) groups is 2. The number of carbonyl (C=O) groups excluding carboxylic acids is 2. The van der Waals surface area contributed by atoms with Gasteiger partial charge in [0.15, 0.2) is 0 Å². The Morgan fingerprint density at radius 1 is 1.67 bits per heavy atom. The van der Waals surface area contributed by atoms with Crippen LogP contribution in [0, 0.1) is 0 Å². The molecule has 0 aromatic carbocycles. The number of rotatable bonds is 4. The molecule has 4 heteroatoms.